The minimum Gasteiger partial charge on any atom is -0.437 e. The molecular formula is C24H28O7S. The number of esters is 1. The molecule has 0 aliphatic carbocycles. The zero-order chi connectivity index (χ0) is 24.2. The van der Waals surface area contributed by atoms with Crippen LogP contribution in [0.4, 0.5) is 0 Å². The van der Waals surface area contributed by atoms with Crippen LogP contribution < -0.4 is 0 Å². The summed E-state index contributed by atoms with van der Waals surface area (Å²) in [6.07, 6.45) is 4.09. The van der Waals surface area contributed by atoms with Crippen LogP contribution in [-0.4, -0.2) is 47.1 Å². The van der Waals surface area contributed by atoms with Gasteiger partial charge < -0.3 is 14.2 Å². The van der Waals surface area contributed by atoms with E-state index in [4.69, 9.17) is 24.8 Å². The Balaban J connectivity index is 2.73. The van der Waals surface area contributed by atoms with Gasteiger partial charge in [-0.3, -0.25) is 4.18 Å². The monoisotopic (exact) mass is 460 g/mol. The van der Waals surface area contributed by atoms with Gasteiger partial charge in [-0.2, -0.15) is 8.42 Å². The van der Waals surface area contributed by atoms with Gasteiger partial charge in [-0.25, -0.2) is 4.79 Å². The number of carbonyl (C=O) groups is 1. The number of carbonyl (C=O) groups excluding carboxylic acids is 1. The second-order valence-corrected chi connectivity index (χ2v) is 9.04. The van der Waals surface area contributed by atoms with E-state index in [-0.39, 0.29) is 18.1 Å². The summed E-state index contributed by atoms with van der Waals surface area (Å²) in [4.78, 5) is 12.1. The Kier molecular flexibility index (Phi) is 11.0. The summed E-state index contributed by atoms with van der Waals surface area (Å²) in [5.74, 6) is 11.9. The van der Waals surface area contributed by atoms with Crippen molar-refractivity contribution in [3.63, 3.8) is 0 Å². The Morgan fingerprint density at radius 3 is 2.44 bits per heavy atom. The first-order valence-corrected chi connectivity index (χ1v) is 11.1. The average Bonchev–Trinajstić information content (AvgIpc) is 2.73. The van der Waals surface area contributed by atoms with Crippen LogP contribution in [-0.2, 0) is 33.3 Å². The maximum atomic E-state index is 12.3. The van der Waals surface area contributed by atoms with Crippen LogP contribution in [0.25, 0.3) is 0 Å². The first kappa shape index (κ1) is 27.2. The Labute approximate surface area is 190 Å². The number of ether oxygens (including phenoxy) is 3. The van der Waals surface area contributed by atoms with Crippen molar-refractivity contribution in [3.8, 4) is 36.0 Å². The number of aryl methyl sites for hydroxylation is 1. The molecule has 1 aromatic rings. The van der Waals surface area contributed by atoms with Crippen molar-refractivity contribution in [2.45, 2.75) is 51.2 Å². The maximum Gasteiger partial charge on any atom is 0.385 e. The molecule has 1 rings (SSSR count). The highest BCUT2D eigenvalue weighted by molar-refractivity contribution is 7.86. The molecule has 2 atom stereocenters. The molecule has 0 spiro atoms. The van der Waals surface area contributed by atoms with Gasteiger partial charge in [0, 0.05) is 24.9 Å². The average molecular weight is 461 g/mol. The quantitative estimate of drug-likeness (QED) is 0.174. The molecule has 0 fully saturated rings. The lowest BCUT2D eigenvalue weighted by molar-refractivity contribution is -0.140. The van der Waals surface area contributed by atoms with Gasteiger partial charge in [0.1, 0.15) is 19.5 Å². The summed E-state index contributed by atoms with van der Waals surface area (Å²) in [6.45, 7) is 6.65. The predicted octanol–water partition coefficient (Wildman–Crippen LogP) is 2.68. The molecule has 0 N–H and O–H groups in total. The van der Waals surface area contributed by atoms with Crippen LogP contribution in [0, 0.1) is 48.4 Å². The molecular weight excluding hydrogens is 432 g/mol. The molecule has 8 heteroatoms. The number of benzene rings is 1. The van der Waals surface area contributed by atoms with Crippen molar-refractivity contribution in [2.24, 2.45) is 5.41 Å². The van der Waals surface area contributed by atoms with Gasteiger partial charge in [-0.1, -0.05) is 49.3 Å². The van der Waals surface area contributed by atoms with Gasteiger partial charge >= 0.3 is 5.97 Å². The fourth-order valence-electron chi connectivity index (χ4n) is 2.42. The van der Waals surface area contributed by atoms with Crippen LogP contribution in [0.5, 0.6) is 0 Å². The lowest BCUT2D eigenvalue weighted by Gasteiger charge is -2.28. The van der Waals surface area contributed by atoms with Gasteiger partial charge in [0.25, 0.3) is 10.1 Å². The predicted molar refractivity (Wildman–Crippen MR) is 119 cm³/mol. The third-order valence-electron chi connectivity index (χ3n) is 4.19. The first-order chi connectivity index (χ1) is 15.1. The molecule has 1 aromatic carbocycles. The van der Waals surface area contributed by atoms with Crippen molar-refractivity contribution in [3.05, 3.63) is 29.8 Å². The Bertz CT molecular complexity index is 1030. The fraction of sp³-hybridized carbons (Fsp3) is 0.458. The Hall–Kier alpha value is -2.80. The largest absolute Gasteiger partial charge is 0.437 e. The van der Waals surface area contributed by atoms with E-state index in [9.17, 15) is 13.2 Å². The Morgan fingerprint density at radius 2 is 1.88 bits per heavy atom. The standard InChI is InChI=1S/C24H28O7S/c1-7-10-20(17-30-32(26,27)21-14-12-19(3)13-15-21)31-23(25)11-9-16-24(4,5)22(8-2)29-18-28-6/h2,12-15,20,22H,16-18H2,1,3-6H3/t20-,22-/m1/s1. The minimum atomic E-state index is -4.02. The number of methoxy groups -OCH3 is 1. The van der Waals surface area contributed by atoms with Crippen LogP contribution in [0.1, 0.15) is 32.8 Å². The van der Waals surface area contributed by atoms with E-state index in [1.54, 1.807) is 12.1 Å². The molecule has 0 aliphatic rings. The third-order valence-corrected chi connectivity index (χ3v) is 5.48. The molecule has 32 heavy (non-hydrogen) atoms. The van der Waals surface area contributed by atoms with Gasteiger partial charge in [0.15, 0.2) is 6.10 Å². The number of rotatable bonds is 10. The molecule has 172 valence electrons. The summed E-state index contributed by atoms with van der Waals surface area (Å²) in [7, 11) is -2.53. The molecule has 0 radical (unpaired) electrons. The molecule has 0 heterocycles. The molecule has 0 aliphatic heterocycles. The maximum absolute atomic E-state index is 12.3. The summed E-state index contributed by atoms with van der Waals surface area (Å²) in [6, 6.07) is 6.18. The van der Waals surface area contributed by atoms with Crippen LogP contribution in [0.2, 0.25) is 0 Å². The minimum absolute atomic E-state index is 0.00147. The summed E-state index contributed by atoms with van der Waals surface area (Å²) in [5.41, 5.74) is 0.363. The first-order valence-electron chi connectivity index (χ1n) is 9.70. The van der Waals surface area contributed by atoms with E-state index in [1.165, 1.54) is 26.2 Å². The normalized spacial score (nSPS) is 12.9. The number of hydrogen-bond acceptors (Lipinski definition) is 7. The molecule has 0 saturated carbocycles. The van der Waals surface area contributed by atoms with E-state index in [0.717, 1.165) is 5.56 Å². The van der Waals surface area contributed by atoms with Crippen molar-refractivity contribution in [1.82, 2.24) is 0 Å². The van der Waals surface area contributed by atoms with Gasteiger partial charge in [0.2, 0.25) is 0 Å². The van der Waals surface area contributed by atoms with Crippen LogP contribution in [0.15, 0.2) is 29.2 Å². The van der Waals surface area contributed by atoms with E-state index in [0.29, 0.717) is 0 Å². The number of hydrogen-bond donors (Lipinski definition) is 0. The lowest BCUT2D eigenvalue weighted by atomic mass is 9.83. The number of terminal acetylenes is 1. The summed E-state index contributed by atoms with van der Waals surface area (Å²) < 4.78 is 45.1. The molecule has 0 aromatic heterocycles. The van der Waals surface area contributed by atoms with Gasteiger partial charge in [0.05, 0.1) is 4.90 Å². The van der Waals surface area contributed by atoms with E-state index in [2.05, 4.69) is 29.6 Å². The van der Waals surface area contributed by atoms with Gasteiger partial charge in [-0.15, -0.1) is 12.3 Å². The molecule has 7 nitrogen and oxygen atoms in total. The highest BCUT2D eigenvalue weighted by Crippen LogP contribution is 2.26. The summed E-state index contributed by atoms with van der Waals surface area (Å²) >= 11 is 0. The molecule has 0 unspecified atom stereocenters. The smallest absolute Gasteiger partial charge is 0.385 e. The highest BCUT2D eigenvalue weighted by Gasteiger charge is 2.28. The van der Waals surface area contributed by atoms with Crippen molar-refractivity contribution in [1.29, 1.82) is 0 Å². The summed E-state index contributed by atoms with van der Waals surface area (Å²) in [5, 5.41) is 0. The van der Waals surface area contributed by atoms with Gasteiger partial charge in [-0.05, 0) is 26.0 Å². The zero-order valence-corrected chi connectivity index (χ0v) is 19.7. The topological polar surface area (TPSA) is 88.1 Å². The van der Waals surface area contributed by atoms with Crippen LogP contribution in [0.3, 0.4) is 0 Å². The highest BCUT2D eigenvalue weighted by atomic mass is 32.2. The third kappa shape index (κ3) is 9.14. The van der Waals surface area contributed by atoms with Crippen LogP contribution >= 0.6 is 0 Å². The molecule has 0 bridgehead atoms. The van der Waals surface area contributed by atoms with Crippen molar-refractivity contribution in [2.75, 3.05) is 20.5 Å². The van der Waals surface area contributed by atoms with E-state index in [1.807, 2.05) is 20.8 Å². The van der Waals surface area contributed by atoms with E-state index < -0.39 is 40.3 Å². The molecule has 0 amide bonds. The van der Waals surface area contributed by atoms with Crippen molar-refractivity contribution >= 4 is 16.1 Å². The SMILES string of the molecule is C#C[C@@H](OCOC)C(C)(C)CC#CC(=O)O[C@H](C#CC)COS(=O)(=O)c1ccc(C)cc1. The Morgan fingerprint density at radius 1 is 1.22 bits per heavy atom. The lowest BCUT2D eigenvalue weighted by Crippen LogP contribution is -2.31. The van der Waals surface area contributed by atoms with Crippen molar-refractivity contribution < 1.29 is 31.6 Å². The fourth-order valence-corrected chi connectivity index (χ4v) is 3.33. The second kappa shape index (κ2) is 12.9. The van der Waals surface area contributed by atoms with E-state index >= 15 is 0 Å². The second-order valence-electron chi connectivity index (χ2n) is 7.43. The molecule has 0 saturated heterocycles. The zero-order valence-electron chi connectivity index (χ0n) is 18.9.